The van der Waals surface area contributed by atoms with Gasteiger partial charge < -0.3 is 10.1 Å². The fraction of sp³-hybridized carbons (Fsp3) is 0.800. The normalized spacial score (nSPS) is 38.5. The molecule has 0 aromatic carbocycles. The van der Waals surface area contributed by atoms with Crippen LogP contribution < -0.4 is 10.6 Å². The molecule has 0 radical (unpaired) electrons. The lowest BCUT2D eigenvalue weighted by atomic mass is 9.49. The molecule has 3 amide bonds. The van der Waals surface area contributed by atoms with Gasteiger partial charge in [-0.3, -0.25) is 14.9 Å². The zero-order valence-corrected chi connectivity index (χ0v) is 14.2. The van der Waals surface area contributed by atoms with E-state index >= 15 is 0 Å². The largest absolute Gasteiger partial charge is 0.455 e. The van der Waals surface area contributed by atoms with Gasteiger partial charge in [-0.05, 0) is 50.4 Å². The molecule has 7 heteroatoms. The zero-order chi connectivity index (χ0) is 16.0. The number of urea groups is 1. The van der Waals surface area contributed by atoms with E-state index in [1.54, 1.807) is 0 Å². The van der Waals surface area contributed by atoms with Gasteiger partial charge in [-0.2, -0.15) is 0 Å². The van der Waals surface area contributed by atoms with Gasteiger partial charge in [0.1, 0.15) is 0 Å². The number of esters is 1. The van der Waals surface area contributed by atoms with Crippen LogP contribution in [-0.2, 0) is 14.3 Å². The average Bonchev–Trinajstić information content (AvgIpc) is 2.41. The van der Waals surface area contributed by atoms with Crippen molar-refractivity contribution in [1.29, 1.82) is 0 Å². The number of carbonyl (C=O) groups is 3. The number of rotatable bonds is 3. The number of alkyl halides is 1. The van der Waals surface area contributed by atoms with Crippen LogP contribution in [0.15, 0.2) is 0 Å². The van der Waals surface area contributed by atoms with Crippen LogP contribution in [-0.4, -0.2) is 35.9 Å². The van der Waals surface area contributed by atoms with Crippen molar-refractivity contribution in [2.24, 2.45) is 17.3 Å². The summed E-state index contributed by atoms with van der Waals surface area (Å²) in [4.78, 5) is 35.2. The van der Waals surface area contributed by atoms with E-state index in [9.17, 15) is 14.4 Å². The summed E-state index contributed by atoms with van der Waals surface area (Å²) < 4.78 is 5.30. The molecule has 0 aromatic heterocycles. The van der Waals surface area contributed by atoms with E-state index in [4.69, 9.17) is 4.74 Å². The van der Waals surface area contributed by atoms with Gasteiger partial charge >= 0.3 is 12.0 Å². The van der Waals surface area contributed by atoms with Crippen molar-refractivity contribution in [1.82, 2.24) is 10.6 Å². The maximum absolute atomic E-state index is 12.6. The molecule has 4 bridgehead atoms. The SMILES string of the molecule is CNC(=O)NC(=O)COC(=O)C12C[C@@H]3C[C@H](CC(Br)(C3)C1)C2. The Kier molecular flexibility index (Phi) is 3.95. The third kappa shape index (κ3) is 2.87. The fourth-order valence-corrected chi connectivity index (χ4v) is 6.35. The predicted molar refractivity (Wildman–Crippen MR) is 82.3 cm³/mol. The predicted octanol–water partition coefficient (Wildman–Crippen LogP) is 1.72. The second-order valence-electron chi connectivity index (χ2n) is 7.10. The highest BCUT2D eigenvalue weighted by Crippen LogP contribution is 2.64. The van der Waals surface area contributed by atoms with Gasteiger partial charge in [0.15, 0.2) is 6.61 Å². The first-order valence-electron chi connectivity index (χ1n) is 7.72. The van der Waals surface area contributed by atoms with Crippen molar-refractivity contribution in [2.75, 3.05) is 13.7 Å². The maximum Gasteiger partial charge on any atom is 0.321 e. The van der Waals surface area contributed by atoms with E-state index in [0.29, 0.717) is 11.8 Å². The summed E-state index contributed by atoms with van der Waals surface area (Å²) in [5, 5.41) is 4.37. The average molecular weight is 373 g/mol. The van der Waals surface area contributed by atoms with Crippen molar-refractivity contribution >= 4 is 33.8 Å². The first-order valence-corrected chi connectivity index (χ1v) is 8.51. The van der Waals surface area contributed by atoms with Crippen LogP contribution in [0.4, 0.5) is 4.79 Å². The Morgan fingerprint density at radius 3 is 2.36 bits per heavy atom. The van der Waals surface area contributed by atoms with Crippen LogP contribution in [0, 0.1) is 17.3 Å². The van der Waals surface area contributed by atoms with Crippen molar-refractivity contribution in [3.63, 3.8) is 0 Å². The van der Waals surface area contributed by atoms with E-state index < -0.39 is 24.0 Å². The van der Waals surface area contributed by atoms with Crippen LogP contribution in [0.1, 0.15) is 38.5 Å². The highest BCUT2D eigenvalue weighted by molar-refractivity contribution is 9.10. The summed E-state index contributed by atoms with van der Waals surface area (Å²) in [6, 6.07) is -0.602. The molecule has 4 aliphatic carbocycles. The molecule has 4 fully saturated rings. The molecule has 0 aromatic rings. The van der Waals surface area contributed by atoms with Crippen molar-refractivity contribution in [3.05, 3.63) is 0 Å². The standard InChI is InChI=1S/C15H21BrN2O4/c1-17-13(21)18-11(19)7-22-12(20)14-3-9-2-10(4-14)6-15(16,5-9)8-14/h9-10H,2-8H2,1H3,(H2,17,18,19,21)/t9-,10-,14?,15?/m0/s1. The summed E-state index contributed by atoms with van der Waals surface area (Å²) in [5.74, 6) is 0.268. The lowest BCUT2D eigenvalue weighted by molar-refractivity contribution is -0.171. The van der Waals surface area contributed by atoms with Crippen LogP contribution in [0.3, 0.4) is 0 Å². The molecule has 4 saturated carbocycles. The molecule has 0 saturated heterocycles. The highest BCUT2D eigenvalue weighted by atomic mass is 79.9. The van der Waals surface area contributed by atoms with Crippen LogP contribution >= 0.6 is 15.9 Å². The smallest absolute Gasteiger partial charge is 0.321 e. The van der Waals surface area contributed by atoms with Crippen molar-refractivity contribution in [2.45, 2.75) is 42.8 Å². The lowest BCUT2D eigenvalue weighted by Crippen LogP contribution is -2.56. The minimum Gasteiger partial charge on any atom is -0.455 e. The third-order valence-corrected chi connectivity index (χ3v) is 6.16. The van der Waals surface area contributed by atoms with E-state index in [1.807, 2.05) is 0 Å². The van der Waals surface area contributed by atoms with E-state index in [-0.39, 0.29) is 10.3 Å². The maximum atomic E-state index is 12.6. The van der Waals surface area contributed by atoms with E-state index in [1.165, 1.54) is 13.5 Å². The Hall–Kier alpha value is -1.11. The molecule has 2 atom stereocenters. The number of ether oxygens (including phenoxy) is 1. The molecule has 0 aliphatic heterocycles. The Labute approximate surface area is 137 Å². The van der Waals surface area contributed by atoms with Gasteiger partial charge in [0.25, 0.3) is 5.91 Å². The summed E-state index contributed by atoms with van der Waals surface area (Å²) in [6.45, 7) is -0.404. The van der Waals surface area contributed by atoms with E-state index in [0.717, 1.165) is 32.1 Å². The fourth-order valence-electron chi connectivity index (χ4n) is 4.90. The number of carbonyl (C=O) groups excluding carboxylic acids is 3. The zero-order valence-electron chi connectivity index (χ0n) is 12.6. The number of nitrogens with one attached hydrogen (secondary N) is 2. The summed E-state index contributed by atoms with van der Waals surface area (Å²) >= 11 is 3.84. The number of imide groups is 1. The highest BCUT2D eigenvalue weighted by Gasteiger charge is 2.60. The lowest BCUT2D eigenvalue weighted by Gasteiger charge is -2.58. The van der Waals surface area contributed by atoms with E-state index in [2.05, 4.69) is 26.6 Å². The Morgan fingerprint density at radius 1 is 1.18 bits per heavy atom. The molecule has 2 N–H and O–H groups in total. The second-order valence-corrected chi connectivity index (χ2v) is 8.78. The molecule has 0 spiro atoms. The third-order valence-electron chi connectivity index (χ3n) is 5.24. The first kappa shape index (κ1) is 15.8. The molecular weight excluding hydrogens is 352 g/mol. The van der Waals surface area contributed by atoms with Crippen LogP contribution in [0.2, 0.25) is 0 Å². The van der Waals surface area contributed by atoms with Gasteiger partial charge in [-0.1, -0.05) is 15.9 Å². The minimum atomic E-state index is -0.606. The molecule has 0 unspecified atom stereocenters. The molecular formula is C15H21BrN2O4. The summed E-state index contributed by atoms with van der Waals surface area (Å²) in [6.07, 6.45) is 6.01. The van der Waals surface area contributed by atoms with Crippen LogP contribution in [0.5, 0.6) is 0 Å². The van der Waals surface area contributed by atoms with Gasteiger partial charge in [0, 0.05) is 11.4 Å². The topological polar surface area (TPSA) is 84.5 Å². The number of amides is 3. The molecule has 4 rings (SSSR count). The molecule has 4 aliphatic rings. The Bertz CT molecular complexity index is 508. The van der Waals surface area contributed by atoms with Gasteiger partial charge in [-0.25, -0.2) is 4.79 Å². The summed E-state index contributed by atoms with van der Waals surface area (Å²) in [7, 11) is 1.42. The molecule has 0 heterocycles. The molecule has 6 nitrogen and oxygen atoms in total. The molecule has 122 valence electrons. The second kappa shape index (κ2) is 5.51. The summed E-state index contributed by atoms with van der Waals surface area (Å²) in [5.41, 5.74) is -0.444. The number of hydrogen-bond acceptors (Lipinski definition) is 4. The monoisotopic (exact) mass is 372 g/mol. The van der Waals surface area contributed by atoms with Crippen molar-refractivity contribution < 1.29 is 19.1 Å². The number of halogens is 1. The first-order chi connectivity index (χ1) is 10.3. The van der Waals surface area contributed by atoms with Crippen molar-refractivity contribution in [3.8, 4) is 0 Å². The van der Waals surface area contributed by atoms with Gasteiger partial charge in [0.2, 0.25) is 0 Å². The Morgan fingerprint density at radius 2 is 1.82 bits per heavy atom. The molecule has 22 heavy (non-hydrogen) atoms. The van der Waals surface area contributed by atoms with Gasteiger partial charge in [-0.15, -0.1) is 0 Å². The Balaban J connectivity index is 1.60. The van der Waals surface area contributed by atoms with Gasteiger partial charge in [0.05, 0.1) is 5.41 Å². The minimum absolute atomic E-state index is 0.0699. The quantitative estimate of drug-likeness (QED) is 0.583. The van der Waals surface area contributed by atoms with Crippen LogP contribution in [0.25, 0.3) is 0 Å². The number of hydrogen-bond donors (Lipinski definition) is 2.